The van der Waals surface area contributed by atoms with E-state index in [-0.39, 0.29) is 0 Å². The zero-order valence-electron chi connectivity index (χ0n) is 12.4. The molecule has 0 atom stereocenters. The first kappa shape index (κ1) is 14.7. The largest absolute Gasteiger partial charge is 0.477 e. The molecule has 112 valence electrons. The number of aryl methyl sites for hydroxylation is 2. The van der Waals surface area contributed by atoms with Crippen molar-refractivity contribution in [1.82, 2.24) is 4.57 Å². The van der Waals surface area contributed by atoms with E-state index in [1.807, 2.05) is 60.9 Å². The molecule has 0 saturated carbocycles. The normalized spacial score (nSPS) is 11.0. The lowest BCUT2D eigenvalue weighted by Crippen LogP contribution is -2.10. The number of hydrogen-bond acceptors (Lipinski definition) is 1. The highest BCUT2D eigenvalue weighted by molar-refractivity contribution is 6.30. The van der Waals surface area contributed by atoms with Gasteiger partial charge in [-0.25, -0.2) is 4.79 Å². The van der Waals surface area contributed by atoms with Crippen molar-refractivity contribution >= 4 is 28.5 Å². The number of nitrogens with zero attached hydrogens (tertiary/aromatic N) is 1. The summed E-state index contributed by atoms with van der Waals surface area (Å²) in [5, 5.41) is 11.2. The van der Waals surface area contributed by atoms with E-state index in [1.165, 1.54) is 0 Å². The van der Waals surface area contributed by atoms with Crippen molar-refractivity contribution in [2.45, 2.75) is 20.4 Å². The summed E-state index contributed by atoms with van der Waals surface area (Å²) < 4.78 is 1.85. The third kappa shape index (κ3) is 2.48. The molecule has 0 saturated heterocycles. The van der Waals surface area contributed by atoms with E-state index in [9.17, 15) is 9.90 Å². The predicted octanol–water partition coefficient (Wildman–Crippen LogP) is 4.66. The van der Waals surface area contributed by atoms with Crippen molar-refractivity contribution in [3.05, 3.63) is 69.9 Å². The van der Waals surface area contributed by atoms with Gasteiger partial charge in [0.2, 0.25) is 0 Å². The SMILES string of the molecule is Cc1ccc2c(c1)c(C)c(C(=O)O)n2Cc1cccc(Cl)c1. The molecule has 1 heterocycles. The van der Waals surface area contributed by atoms with Gasteiger partial charge in [-0.05, 0) is 49.2 Å². The summed E-state index contributed by atoms with van der Waals surface area (Å²) in [5.74, 6) is -0.909. The van der Waals surface area contributed by atoms with Crippen LogP contribution in [0.25, 0.3) is 10.9 Å². The number of aromatic carboxylic acids is 1. The number of carboxylic acid groups (broad SMARTS) is 1. The second kappa shape index (κ2) is 5.50. The molecule has 3 aromatic rings. The third-order valence-electron chi connectivity index (χ3n) is 3.90. The van der Waals surface area contributed by atoms with E-state index >= 15 is 0 Å². The van der Waals surface area contributed by atoms with Gasteiger partial charge in [0.05, 0.1) is 0 Å². The van der Waals surface area contributed by atoms with Gasteiger partial charge in [0.25, 0.3) is 0 Å². The summed E-state index contributed by atoms with van der Waals surface area (Å²) >= 11 is 6.03. The quantitative estimate of drug-likeness (QED) is 0.764. The van der Waals surface area contributed by atoms with Gasteiger partial charge < -0.3 is 9.67 Å². The molecule has 22 heavy (non-hydrogen) atoms. The molecule has 0 fully saturated rings. The van der Waals surface area contributed by atoms with Gasteiger partial charge in [0.15, 0.2) is 0 Å². The first-order chi connectivity index (χ1) is 10.5. The number of halogens is 1. The molecule has 0 aliphatic heterocycles. The van der Waals surface area contributed by atoms with Gasteiger partial charge in [-0.1, -0.05) is 35.4 Å². The molecular formula is C18H16ClNO2. The average Bonchev–Trinajstić information content (AvgIpc) is 2.71. The zero-order valence-corrected chi connectivity index (χ0v) is 13.2. The standard InChI is InChI=1S/C18H16ClNO2/c1-11-6-7-16-15(8-11)12(2)17(18(21)22)20(16)10-13-4-3-5-14(19)9-13/h3-9H,10H2,1-2H3,(H,21,22). The van der Waals surface area contributed by atoms with Crippen molar-refractivity contribution in [2.75, 3.05) is 0 Å². The maximum absolute atomic E-state index is 11.7. The summed E-state index contributed by atoms with van der Waals surface area (Å²) in [6.45, 7) is 4.35. The Bertz CT molecular complexity index is 880. The van der Waals surface area contributed by atoms with Crippen LogP contribution in [0.4, 0.5) is 0 Å². The van der Waals surface area contributed by atoms with Crippen LogP contribution in [0.3, 0.4) is 0 Å². The van der Waals surface area contributed by atoms with Crippen molar-refractivity contribution in [2.24, 2.45) is 0 Å². The van der Waals surface area contributed by atoms with Crippen LogP contribution in [0.15, 0.2) is 42.5 Å². The fourth-order valence-corrected chi connectivity index (χ4v) is 3.11. The van der Waals surface area contributed by atoms with Crippen molar-refractivity contribution in [1.29, 1.82) is 0 Å². The van der Waals surface area contributed by atoms with Crippen LogP contribution in [0.5, 0.6) is 0 Å². The van der Waals surface area contributed by atoms with Crippen LogP contribution < -0.4 is 0 Å². The Kier molecular flexibility index (Phi) is 3.67. The second-order valence-electron chi connectivity index (χ2n) is 5.52. The molecule has 1 N–H and O–H groups in total. The molecule has 0 radical (unpaired) electrons. The molecule has 4 heteroatoms. The fraction of sp³-hybridized carbons (Fsp3) is 0.167. The predicted molar refractivity (Wildman–Crippen MR) is 88.9 cm³/mol. The summed E-state index contributed by atoms with van der Waals surface area (Å²) in [6.07, 6.45) is 0. The smallest absolute Gasteiger partial charge is 0.352 e. The maximum atomic E-state index is 11.7. The van der Waals surface area contributed by atoms with Gasteiger partial charge >= 0.3 is 5.97 Å². The van der Waals surface area contributed by atoms with E-state index in [1.54, 1.807) is 0 Å². The molecule has 0 amide bonds. The molecular weight excluding hydrogens is 298 g/mol. The topological polar surface area (TPSA) is 42.2 Å². The van der Waals surface area contributed by atoms with Gasteiger partial charge in [0, 0.05) is 22.5 Å². The van der Waals surface area contributed by atoms with Crippen LogP contribution in [-0.2, 0) is 6.54 Å². The van der Waals surface area contributed by atoms with Gasteiger partial charge in [-0.2, -0.15) is 0 Å². The van der Waals surface area contributed by atoms with E-state index in [0.717, 1.165) is 27.6 Å². The monoisotopic (exact) mass is 313 g/mol. The summed E-state index contributed by atoms with van der Waals surface area (Å²) in [6, 6.07) is 13.5. The molecule has 2 aromatic carbocycles. The molecule has 3 rings (SSSR count). The van der Waals surface area contributed by atoms with Gasteiger partial charge in [0.1, 0.15) is 5.69 Å². The van der Waals surface area contributed by atoms with Crippen LogP contribution in [0.2, 0.25) is 5.02 Å². The van der Waals surface area contributed by atoms with Crippen molar-refractivity contribution < 1.29 is 9.90 Å². The Morgan fingerprint density at radius 2 is 1.95 bits per heavy atom. The van der Waals surface area contributed by atoms with Crippen LogP contribution in [0.1, 0.15) is 27.2 Å². The van der Waals surface area contributed by atoms with Crippen LogP contribution >= 0.6 is 11.6 Å². The molecule has 0 bridgehead atoms. The lowest BCUT2D eigenvalue weighted by Gasteiger charge is -2.09. The average molecular weight is 314 g/mol. The highest BCUT2D eigenvalue weighted by Crippen LogP contribution is 2.28. The Hall–Kier alpha value is -2.26. The molecule has 1 aromatic heterocycles. The van der Waals surface area contributed by atoms with Crippen molar-refractivity contribution in [3.63, 3.8) is 0 Å². The van der Waals surface area contributed by atoms with E-state index in [2.05, 4.69) is 0 Å². The first-order valence-electron chi connectivity index (χ1n) is 7.04. The van der Waals surface area contributed by atoms with Crippen molar-refractivity contribution in [3.8, 4) is 0 Å². The second-order valence-corrected chi connectivity index (χ2v) is 5.95. The lowest BCUT2D eigenvalue weighted by atomic mass is 10.1. The zero-order chi connectivity index (χ0) is 15.9. The Balaban J connectivity index is 2.23. The lowest BCUT2D eigenvalue weighted by molar-refractivity contribution is 0.0685. The number of rotatable bonds is 3. The molecule has 0 unspecified atom stereocenters. The summed E-state index contributed by atoms with van der Waals surface area (Å²) in [7, 11) is 0. The number of benzene rings is 2. The van der Waals surface area contributed by atoms with E-state index < -0.39 is 5.97 Å². The number of carbonyl (C=O) groups is 1. The summed E-state index contributed by atoms with van der Waals surface area (Å²) in [5.41, 5.74) is 4.16. The number of aromatic nitrogens is 1. The van der Waals surface area contributed by atoms with Crippen LogP contribution in [-0.4, -0.2) is 15.6 Å². The van der Waals surface area contributed by atoms with Crippen LogP contribution in [0, 0.1) is 13.8 Å². The Labute approximate surface area is 133 Å². The number of fused-ring (bicyclic) bond motifs is 1. The van der Waals surface area contributed by atoms with Gasteiger partial charge in [-0.3, -0.25) is 0 Å². The fourth-order valence-electron chi connectivity index (χ4n) is 2.89. The maximum Gasteiger partial charge on any atom is 0.352 e. The minimum absolute atomic E-state index is 0.334. The Morgan fingerprint density at radius 3 is 2.64 bits per heavy atom. The molecule has 3 nitrogen and oxygen atoms in total. The minimum atomic E-state index is -0.909. The van der Waals surface area contributed by atoms with E-state index in [4.69, 9.17) is 11.6 Å². The van der Waals surface area contributed by atoms with Gasteiger partial charge in [-0.15, -0.1) is 0 Å². The third-order valence-corrected chi connectivity index (χ3v) is 4.14. The molecule has 0 aliphatic carbocycles. The number of carboxylic acids is 1. The van der Waals surface area contributed by atoms with E-state index in [0.29, 0.717) is 17.3 Å². The first-order valence-corrected chi connectivity index (χ1v) is 7.42. The minimum Gasteiger partial charge on any atom is -0.477 e. The molecule has 0 aliphatic rings. The summed E-state index contributed by atoms with van der Waals surface area (Å²) in [4.78, 5) is 11.7. The highest BCUT2D eigenvalue weighted by atomic mass is 35.5. The Morgan fingerprint density at radius 1 is 1.18 bits per heavy atom. The highest BCUT2D eigenvalue weighted by Gasteiger charge is 2.19. The molecule has 0 spiro atoms. The number of hydrogen-bond donors (Lipinski definition) is 1.